The van der Waals surface area contributed by atoms with E-state index < -0.39 is 33.4 Å². The van der Waals surface area contributed by atoms with E-state index >= 15 is 0 Å². The molecule has 0 bridgehead atoms. The average molecular weight is 521 g/mol. The molecule has 194 valence electrons. The van der Waals surface area contributed by atoms with Crippen LogP contribution in [0.15, 0.2) is 88.1 Å². The van der Waals surface area contributed by atoms with Crippen molar-refractivity contribution in [3.63, 3.8) is 0 Å². The van der Waals surface area contributed by atoms with Crippen molar-refractivity contribution >= 4 is 27.5 Å². The zero-order chi connectivity index (χ0) is 27.2. The molecule has 0 fully saturated rings. The molecule has 2 amide bonds. The fraction of sp³-hybridized carbons (Fsp3) is 0.276. The zero-order valence-electron chi connectivity index (χ0n) is 21.7. The highest BCUT2D eigenvalue weighted by Crippen LogP contribution is 2.23. The van der Waals surface area contributed by atoms with Gasteiger partial charge in [0.25, 0.3) is 5.91 Å². The summed E-state index contributed by atoms with van der Waals surface area (Å²) in [5, 5.41) is 2.58. The monoisotopic (exact) mass is 520 g/mol. The van der Waals surface area contributed by atoms with Gasteiger partial charge in [-0.2, -0.15) is 4.36 Å². The van der Waals surface area contributed by atoms with E-state index in [1.165, 1.54) is 13.2 Å². The van der Waals surface area contributed by atoms with Gasteiger partial charge in [0.15, 0.2) is 5.78 Å². The average Bonchev–Trinajstić information content (AvgIpc) is 2.83. The Kier molecular flexibility index (Phi) is 8.65. The SMILES string of the molecule is CC(=O)c1ccc(-c2ccc([S@](C)(=O)=NC(=O)[C@H](Cc3ccccc3)NC(=O)OC(C)(C)C)cc2)cc1. The van der Waals surface area contributed by atoms with Crippen molar-refractivity contribution in [2.45, 2.75) is 50.7 Å². The molecule has 0 spiro atoms. The molecular formula is C29H32N2O5S. The van der Waals surface area contributed by atoms with Gasteiger partial charge in [-0.3, -0.25) is 9.59 Å². The predicted octanol–water partition coefficient (Wildman–Crippen LogP) is 5.68. The van der Waals surface area contributed by atoms with Gasteiger partial charge in [-0.25, -0.2) is 9.00 Å². The largest absolute Gasteiger partial charge is 0.444 e. The van der Waals surface area contributed by atoms with Crippen LogP contribution in [0, 0.1) is 0 Å². The number of Topliss-reactive ketones (excluding diaryl/α,β-unsaturated/α-hetero) is 1. The Labute approximate surface area is 218 Å². The van der Waals surface area contributed by atoms with Crippen LogP contribution in [-0.2, 0) is 25.7 Å². The van der Waals surface area contributed by atoms with Crippen LogP contribution >= 0.6 is 0 Å². The lowest BCUT2D eigenvalue weighted by Crippen LogP contribution is -2.44. The van der Waals surface area contributed by atoms with Crippen molar-refractivity contribution in [3.05, 3.63) is 90.0 Å². The van der Waals surface area contributed by atoms with Gasteiger partial charge in [0, 0.05) is 23.1 Å². The fourth-order valence-electron chi connectivity index (χ4n) is 3.58. The quantitative estimate of drug-likeness (QED) is 0.404. The number of rotatable bonds is 7. The Morgan fingerprint density at radius 2 is 1.43 bits per heavy atom. The van der Waals surface area contributed by atoms with Crippen molar-refractivity contribution < 1.29 is 23.3 Å². The Morgan fingerprint density at radius 1 is 0.892 bits per heavy atom. The first-order valence-corrected chi connectivity index (χ1v) is 13.8. The normalized spacial score (nSPS) is 13.6. The number of hydrogen-bond acceptors (Lipinski definition) is 5. The van der Waals surface area contributed by atoms with E-state index in [9.17, 15) is 18.6 Å². The van der Waals surface area contributed by atoms with Crippen LogP contribution in [0.3, 0.4) is 0 Å². The van der Waals surface area contributed by atoms with Gasteiger partial charge >= 0.3 is 6.09 Å². The first-order valence-electron chi connectivity index (χ1n) is 11.8. The Morgan fingerprint density at radius 3 is 1.95 bits per heavy atom. The molecule has 0 radical (unpaired) electrons. The summed E-state index contributed by atoms with van der Waals surface area (Å²) in [7, 11) is -3.10. The second-order valence-corrected chi connectivity index (χ2v) is 12.0. The highest BCUT2D eigenvalue weighted by atomic mass is 32.2. The number of ether oxygens (including phenoxy) is 1. The fourth-order valence-corrected chi connectivity index (χ4v) is 4.80. The standard InChI is InChI=1S/C29H32N2O5S/c1-20(32)22-11-13-23(14-12-22)24-15-17-25(18-16-24)37(5,35)31-27(33)26(19-21-9-7-6-8-10-21)30-28(34)36-29(2,3)4/h6-18,26H,19H2,1-5H3,(H,30,34)/t26-,37-/m0/s1. The smallest absolute Gasteiger partial charge is 0.408 e. The topological polar surface area (TPSA) is 102 Å². The molecule has 0 aliphatic carbocycles. The summed E-state index contributed by atoms with van der Waals surface area (Å²) in [6, 6.07) is 22.3. The van der Waals surface area contributed by atoms with Gasteiger partial charge in [0.1, 0.15) is 11.6 Å². The Hall–Kier alpha value is -3.78. The lowest BCUT2D eigenvalue weighted by Gasteiger charge is -2.22. The maximum absolute atomic E-state index is 13.5. The highest BCUT2D eigenvalue weighted by Gasteiger charge is 2.26. The van der Waals surface area contributed by atoms with E-state index in [0.29, 0.717) is 10.5 Å². The molecule has 0 saturated heterocycles. The molecule has 3 aromatic rings. The second kappa shape index (κ2) is 11.5. The van der Waals surface area contributed by atoms with E-state index in [-0.39, 0.29) is 12.2 Å². The molecule has 7 nitrogen and oxygen atoms in total. The number of hydrogen-bond donors (Lipinski definition) is 1. The summed E-state index contributed by atoms with van der Waals surface area (Å²) in [5.74, 6) is -0.711. The highest BCUT2D eigenvalue weighted by molar-refractivity contribution is 7.93. The number of carbonyl (C=O) groups is 3. The number of ketones is 1. The van der Waals surface area contributed by atoms with Crippen LogP contribution in [0.2, 0.25) is 0 Å². The maximum atomic E-state index is 13.5. The molecule has 0 aliphatic rings. The number of carbonyl (C=O) groups excluding carboxylic acids is 3. The van der Waals surface area contributed by atoms with Gasteiger partial charge in [-0.15, -0.1) is 0 Å². The summed E-state index contributed by atoms with van der Waals surface area (Å²) < 4.78 is 22.8. The number of nitrogens with one attached hydrogen (secondary N) is 1. The second-order valence-electron chi connectivity index (χ2n) is 9.78. The van der Waals surface area contributed by atoms with E-state index in [0.717, 1.165) is 16.7 Å². The first-order chi connectivity index (χ1) is 17.3. The zero-order valence-corrected chi connectivity index (χ0v) is 22.5. The molecular weight excluding hydrogens is 488 g/mol. The maximum Gasteiger partial charge on any atom is 0.408 e. The molecule has 37 heavy (non-hydrogen) atoms. The minimum absolute atomic E-state index is 0.00868. The predicted molar refractivity (Wildman–Crippen MR) is 145 cm³/mol. The van der Waals surface area contributed by atoms with Gasteiger partial charge in [0.05, 0.1) is 9.73 Å². The van der Waals surface area contributed by atoms with Crippen molar-refractivity contribution in [3.8, 4) is 11.1 Å². The van der Waals surface area contributed by atoms with Gasteiger partial charge in [0.2, 0.25) is 0 Å². The molecule has 0 unspecified atom stereocenters. The number of nitrogens with zero attached hydrogens (tertiary/aromatic N) is 1. The van der Waals surface area contributed by atoms with Crippen molar-refractivity contribution in [2.75, 3.05) is 6.26 Å². The van der Waals surface area contributed by atoms with E-state index in [2.05, 4.69) is 9.68 Å². The summed E-state index contributed by atoms with van der Waals surface area (Å²) in [6.45, 7) is 6.70. The molecule has 0 aromatic heterocycles. The molecule has 0 aliphatic heterocycles. The minimum atomic E-state index is -3.10. The third-order valence-electron chi connectivity index (χ3n) is 5.45. The van der Waals surface area contributed by atoms with E-state index in [1.807, 2.05) is 42.5 Å². The van der Waals surface area contributed by atoms with Gasteiger partial charge in [-0.1, -0.05) is 66.7 Å². The van der Waals surface area contributed by atoms with E-state index in [4.69, 9.17) is 4.74 Å². The van der Waals surface area contributed by atoms with Crippen LogP contribution < -0.4 is 5.32 Å². The Bertz CT molecular complexity index is 1380. The van der Waals surface area contributed by atoms with Crippen LogP contribution in [-0.4, -0.2) is 39.9 Å². The van der Waals surface area contributed by atoms with Gasteiger partial charge < -0.3 is 10.1 Å². The number of benzene rings is 3. The van der Waals surface area contributed by atoms with Crippen LogP contribution in [0.5, 0.6) is 0 Å². The number of alkyl carbamates (subject to hydrolysis) is 1. The summed E-state index contributed by atoms with van der Waals surface area (Å²) in [5.41, 5.74) is 2.47. The van der Waals surface area contributed by atoms with Crippen molar-refractivity contribution in [1.82, 2.24) is 5.32 Å². The van der Waals surface area contributed by atoms with Gasteiger partial charge in [-0.05, 0) is 56.5 Å². The summed E-state index contributed by atoms with van der Waals surface area (Å²) in [4.78, 5) is 37.5. The Balaban J connectivity index is 1.84. The van der Waals surface area contributed by atoms with Crippen LogP contribution in [0.1, 0.15) is 43.6 Å². The molecule has 8 heteroatoms. The van der Waals surface area contributed by atoms with Crippen molar-refractivity contribution in [1.29, 1.82) is 0 Å². The first kappa shape index (κ1) is 27.8. The van der Waals surface area contributed by atoms with Crippen LogP contribution in [0.4, 0.5) is 4.79 Å². The number of amides is 2. The molecule has 1 N–H and O–H groups in total. The summed E-state index contributed by atoms with van der Waals surface area (Å²) in [6.07, 6.45) is 0.821. The summed E-state index contributed by atoms with van der Waals surface area (Å²) >= 11 is 0. The molecule has 0 heterocycles. The van der Waals surface area contributed by atoms with Crippen molar-refractivity contribution in [2.24, 2.45) is 4.36 Å². The molecule has 3 rings (SSSR count). The lowest BCUT2D eigenvalue weighted by molar-refractivity contribution is -0.119. The van der Waals surface area contributed by atoms with Crippen LogP contribution in [0.25, 0.3) is 11.1 Å². The third-order valence-corrected chi connectivity index (χ3v) is 7.13. The molecule has 0 saturated carbocycles. The minimum Gasteiger partial charge on any atom is -0.444 e. The van der Waals surface area contributed by atoms with E-state index in [1.54, 1.807) is 57.2 Å². The molecule has 2 atom stereocenters. The lowest BCUT2D eigenvalue weighted by atomic mass is 10.0. The molecule has 3 aromatic carbocycles. The third kappa shape index (κ3) is 8.11.